The van der Waals surface area contributed by atoms with Gasteiger partial charge in [-0.1, -0.05) is 105 Å². The van der Waals surface area contributed by atoms with Crippen molar-refractivity contribution in [2.24, 2.45) is 0 Å². The fraction of sp³-hybridized carbons (Fsp3) is 0.0750. The van der Waals surface area contributed by atoms with Crippen LogP contribution in [0.15, 0.2) is 138 Å². The van der Waals surface area contributed by atoms with Crippen LogP contribution in [-0.2, 0) is 5.41 Å². The molecule has 1 aliphatic rings. The average molecular weight is 557 g/mol. The second-order valence-corrected chi connectivity index (χ2v) is 12.8. The van der Waals surface area contributed by atoms with Crippen molar-refractivity contribution in [3.8, 4) is 44.5 Å². The molecule has 1 nitrogen and oxygen atoms in total. The van der Waals surface area contributed by atoms with Crippen molar-refractivity contribution >= 4 is 31.5 Å². The average Bonchev–Trinajstić information content (AvgIpc) is 3.27. The Morgan fingerprint density at radius 3 is 1.74 bits per heavy atom. The van der Waals surface area contributed by atoms with Gasteiger partial charge in [-0.05, 0) is 98.1 Å². The Kier molecular flexibility index (Phi) is 5.57. The summed E-state index contributed by atoms with van der Waals surface area (Å²) in [6.07, 6.45) is 0. The highest BCUT2D eigenvalue weighted by molar-refractivity contribution is 7.24. The molecule has 0 bridgehead atoms. The first-order valence-corrected chi connectivity index (χ1v) is 15.2. The van der Waals surface area contributed by atoms with Crippen molar-refractivity contribution < 1.29 is 0 Å². The number of hydrogen-bond acceptors (Lipinski definition) is 2. The highest BCUT2D eigenvalue weighted by atomic mass is 32.1. The normalized spacial score (nSPS) is 13.3. The van der Waals surface area contributed by atoms with Gasteiger partial charge < -0.3 is 0 Å². The lowest BCUT2D eigenvalue weighted by atomic mass is 9.81. The highest BCUT2D eigenvalue weighted by Crippen LogP contribution is 2.49. The zero-order chi connectivity index (χ0) is 28.4. The first-order valence-electron chi connectivity index (χ1n) is 14.4. The molecule has 0 unspecified atom stereocenters. The third-order valence-corrected chi connectivity index (χ3v) is 10.0. The Morgan fingerprint density at radius 1 is 0.452 bits per heavy atom. The van der Waals surface area contributed by atoms with Gasteiger partial charge in [0.1, 0.15) is 0 Å². The van der Waals surface area contributed by atoms with Gasteiger partial charge in [0.05, 0.1) is 0 Å². The summed E-state index contributed by atoms with van der Waals surface area (Å²) >= 11 is 1.68. The monoisotopic (exact) mass is 556 g/mol. The summed E-state index contributed by atoms with van der Waals surface area (Å²) < 4.78 is 2.04. The molecule has 0 aliphatic heterocycles. The van der Waals surface area contributed by atoms with Crippen LogP contribution in [0.2, 0.25) is 0 Å². The molecule has 0 spiro atoms. The Labute approximate surface area is 249 Å². The lowest BCUT2D eigenvalue weighted by Crippen LogP contribution is -2.14. The number of hydrogen-bond donors (Lipinski definition) is 0. The summed E-state index contributed by atoms with van der Waals surface area (Å²) in [4.78, 5) is 13.1. The van der Waals surface area contributed by atoms with Gasteiger partial charge in [0.25, 0.3) is 0 Å². The zero-order valence-corrected chi connectivity index (χ0v) is 24.3. The Hall–Kier alpha value is -4.79. The number of benzene rings is 6. The molecular weight excluding hydrogens is 529 g/mol. The first-order chi connectivity index (χ1) is 20.5. The third kappa shape index (κ3) is 3.87. The van der Waals surface area contributed by atoms with E-state index in [2.05, 4.69) is 117 Å². The van der Waals surface area contributed by atoms with Gasteiger partial charge in [0, 0.05) is 25.6 Å². The maximum absolute atomic E-state index is 13.1. The minimum absolute atomic E-state index is 0.0201. The van der Waals surface area contributed by atoms with E-state index in [0.29, 0.717) is 0 Å². The van der Waals surface area contributed by atoms with E-state index in [9.17, 15) is 4.79 Å². The maximum atomic E-state index is 13.1. The molecule has 7 aromatic rings. The van der Waals surface area contributed by atoms with Crippen LogP contribution < -0.4 is 5.43 Å². The van der Waals surface area contributed by atoms with Crippen molar-refractivity contribution in [2.75, 3.05) is 0 Å². The predicted octanol–water partition coefficient (Wildman–Crippen LogP) is 10.7. The predicted molar refractivity (Wildman–Crippen MR) is 179 cm³/mol. The summed E-state index contributed by atoms with van der Waals surface area (Å²) in [5.74, 6) is 0. The third-order valence-electron chi connectivity index (χ3n) is 8.89. The van der Waals surface area contributed by atoms with Gasteiger partial charge in [-0.2, -0.15) is 0 Å². The van der Waals surface area contributed by atoms with Crippen molar-refractivity contribution in [1.29, 1.82) is 0 Å². The van der Waals surface area contributed by atoms with Crippen LogP contribution in [-0.4, -0.2) is 0 Å². The van der Waals surface area contributed by atoms with E-state index in [1.54, 1.807) is 11.3 Å². The molecule has 2 heteroatoms. The minimum Gasteiger partial charge on any atom is -0.289 e. The molecule has 0 fully saturated rings. The largest absolute Gasteiger partial charge is 0.289 e. The lowest BCUT2D eigenvalue weighted by Gasteiger charge is -2.22. The molecule has 0 saturated carbocycles. The molecule has 0 radical (unpaired) electrons. The van der Waals surface area contributed by atoms with E-state index < -0.39 is 0 Å². The molecule has 42 heavy (non-hydrogen) atoms. The summed E-state index contributed by atoms with van der Waals surface area (Å²) in [6, 6.07) is 47.4. The van der Waals surface area contributed by atoms with Crippen LogP contribution >= 0.6 is 11.3 Å². The van der Waals surface area contributed by atoms with Crippen molar-refractivity contribution in [3.63, 3.8) is 0 Å². The standard InChI is InChI=1S/C40H28OS/c1-40(2)35-15-5-3-13-31(35)32-19-17-29(23-36(32)40)27-11-7-9-25(21-27)26-10-8-12-28(22-26)30-18-20-34-38(24-30)42-37-16-6-4-14-33(37)39(34)41/h3-24H,1-2H3. The first kappa shape index (κ1) is 25.0. The van der Waals surface area contributed by atoms with Gasteiger partial charge in [0.2, 0.25) is 0 Å². The molecule has 1 aliphatic carbocycles. The van der Waals surface area contributed by atoms with Crippen molar-refractivity contribution in [2.45, 2.75) is 19.3 Å². The molecule has 0 amide bonds. The van der Waals surface area contributed by atoms with Gasteiger partial charge in [0.15, 0.2) is 5.43 Å². The van der Waals surface area contributed by atoms with Crippen LogP contribution in [0.3, 0.4) is 0 Å². The van der Waals surface area contributed by atoms with E-state index >= 15 is 0 Å². The highest BCUT2D eigenvalue weighted by Gasteiger charge is 2.35. The molecule has 1 aromatic heterocycles. The van der Waals surface area contributed by atoms with Gasteiger partial charge in [-0.15, -0.1) is 11.3 Å². The van der Waals surface area contributed by atoms with Crippen LogP contribution in [0.5, 0.6) is 0 Å². The maximum Gasteiger partial charge on any atom is 0.195 e. The quantitative estimate of drug-likeness (QED) is 0.198. The molecule has 8 rings (SSSR count). The van der Waals surface area contributed by atoms with Crippen molar-refractivity contribution in [1.82, 2.24) is 0 Å². The summed E-state index contributed by atoms with van der Waals surface area (Å²) in [6.45, 7) is 4.66. The Morgan fingerprint density at radius 2 is 1.00 bits per heavy atom. The van der Waals surface area contributed by atoms with Crippen LogP contribution in [0.4, 0.5) is 0 Å². The SMILES string of the molecule is CC1(C)c2ccccc2-c2ccc(-c3cccc(-c4cccc(-c5ccc6c(=O)c7ccccc7sc6c5)c4)c3)cc21. The Bertz CT molecular complexity index is 2250. The Balaban J connectivity index is 1.17. The lowest BCUT2D eigenvalue weighted by molar-refractivity contribution is 0.660. The van der Waals surface area contributed by atoms with E-state index in [0.717, 1.165) is 31.3 Å². The van der Waals surface area contributed by atoms with Crippen molar-refractivity contribution in [3.05, 3.63) is 155 Å². The van der Waals surface area contributed by atoms with Crippen LogP contribution in [0, 0.1) is 0 Å². The van der Waals surface area contributed by atoms with Crippen LogP contribution in [0.25, 0.3) is 64.7 Å². The molecular formula is C40H28OS. The van der Waals surface area contributed by atoms with E-state index in [1.165, 1.54) is 44.5 Å². The van der Waals surface area contributed by atoms with Crippen LogP contribution in [0.1, 0.15) is 25.0 Å². The molecule has 0 saturated heterocycles. The smallest absolute Gasteiger partial charge is 0.195 e. The number of fused-ring (bicyclic) bond motifs is 5. The van der Waals surface area contributed by atoms with Gasteiger partial charge >= 0.3 is 0 Å². The zero-order valence-electron chi connectivity index (χ0n) is 23.5. The minimum atomic E-state index is -0.0201. The number of rotatable bonds is 3. The van der Waals surface area contributed by atoms with E-state index in [4.69, 9.17) is 0 Å². The topological polar surface area (TPSA) is 17.1 Å². The molecule has 0 atom stereocenters. The fourth-order valence-electron chi connectivity index (χ4n) is 6.62. The van der Waals surface area contributed by atoms with E-state index in [-0.39, 0.29) is 10.8 Å². The molecule has 200 valence electrons. The summed E-state index contributed by atoms with van der Waals surface area (Å²) in [5.41, 5.74) is 12.7. The molecule has 6 aromatic carbocycles. The second-order valence-electron chi connectivity index (χ2n) is 11.7. The molecule has 1 heterocycles. The summed E-state index contributed by atoms with van der Waals surface area (Å²) in [5, 5.41) is 1.58. The van der Waals surface area contributed by atoms with Gasteiger partial charge in [-0.25, -0.2) is 0 Å². The fourth-order valence-corrected chi connectivity index (χ4v) is 7.73. The second kappa shape index (κ2) is 9.37. The summed E-state index contributed by atoms with van der Waals surface area (Å²) in [7, 11) is 0. The van der Waals surface area contributed by atoms with Gasteiger partial charge in [-0.3, -0.25) is 4.79 Å². The molecule has 0 N–H and O–H groups in total. The van der Waals surface area contributed by atoms with E-state index in [1.807, 2.05) is 30.3 Å².